The average Bonchev–Trinajstić information content (AvgIpc) is 3.01. The van der Waals surface area contributed by atoms with Crippen LogP contribution in [0.5, 0.6) is 5.75 Å². The van der Waals surface area contributed by atoms with E-state index in [0.717, 1.165) is 23.9 Å². The van der Waals surface area contributed by atoms with Crippen LogP contribution in [0.25, 0.3) is 5.69 Å². The Morgan fingerprint density at radius 1 is 1.15 bits per heavy atom. The fourth-order valence-electron chi connectivity index (χ4n) is 2.98. The Morgan fingerprint density at radius 3 is 2.63 bits per heavy atom. The zero-order valence-electron chi connectivity index (χ0n) is 14.4. The lowest BCUT2D eigenvalue weighted by atomic mass is 9.98. The van der Waals surface area contributed by atoms with Gasteiger partial charge in [0.2, 0.25) is 0 Å². The van der Waals surface area contributed by atoms with E-state index in [1.807, 2.05) is 42.6 Å². The fraction of sp³-hybridized carbons (Fsp3) is 0.150. The molecule has 1 atom stereocenters. The minimum absolute atomic E-state index is 0.0386. The summed E-state index contributed by atoms with van der Waals surface area (Å²) in [7, 11) is 0. The molecule has 1 aromatic heterocycles. The number of nitrogens with zero attached hydrogens (tertiary/aromatic N) is 1. The van der Waals surface area contributed by atoms with Gasteiger partial charge in [-0.1, -0.05) is 35.3 Å². The molecule has 2 heterocycles. The van der Waals surface area contributed by atoms with Crippen molar-refractivity contribution in [2.24, 2.45) is 0 Å². The first-order valence-corrected chi connectivity index (χ1v) is 8.88. The lowest BCUT2D eigenvalue weighted by molar-refractivity contribution is -0.134. The summed E-state index contributed by atoms with van der Waals surface area (Å²) in [6, 6.07) is 14.9. The Balaban J connectivity index is 0.000000481. The third-order valence-corrected chi connectivity index (χ3v) is 4.60. The van der Waals surface area contributed by atoms with Crippen LogP contribution in [0.4, 0.5) is 0 Å². The van der Waals surface area contributed by atoms with E-state index in [4.69, 9.17) is 37.8 Å². The number of halogens is 2. The third kappa shape index (κ3) is 4.11. The third-order valence-electron chi connectivity index (χ3n) is 4.06. The van der Waals surface area contributed by atoms with Crippen molar-refractivity contribution in [1.29, 1.82) is 0 Å². The minimum atomic E-state index is -0.833. The monoisotopic (exact) mass is 405 g/mol. The zero-order valence-corrected chi connectivity index (χ0v) is 15.9. The molecule has 2 N–H and O–H groups in total. The lowest BCUT2D eigenvalue weighted by Crippen LogP contribution is -2.06. The van der Waals surface area contributed by atoms with Crippen molar-refractivity contribution in [2.75, 3.05) is 0 Å². The summed E-state index contributed by atoms with van der Waals surface area (Å²) >= 11 is 12.3. The highest BCUT2D eigenvalue weighted by Gasteiger charge is 2.27. The molecule has 7 heteroatoms. The van der Waals surface area contributed by atoms with Crippen LogP contribution >= 0.6 is 23.2 Å². The van der Waals surface area contributed by atoms with Gasteiger partial charge in [0.15, 0.2) is 0 Å². The SMILES string of the molecule is CC(=O)O.Oc1c(Cl)cccc1[C@H]1OCc2cccn2-c2ccc(Cl)cc21. The van der Waals surface area contributed by atoms with Gasteiger partial charge in [0.1, 0.15) is 11.9 Å². The number of carboxylic acids is 1. The molecule has 0 spiro atoms. The van der Waals surface area contributed by atoms with E-state index in [1.165, 1.54) is 0 Å². The van der Waals surface area contributed by atoms with Crippen molar-refractivity contribution in [2.45, 2.75) is 19.6 Å². The van der Waals surface area contributed by atoms with Crippen molar-refractivity contribution in [3.63, 3.8) is 0 Å². The summed E-state index contributed by atoms with van der Waals surface area (Å²) in [6.07, 6.45) is 1.55. The van der Waals surface area contributed by atoms with Gasteiger partial charge < -0.3 is 19.5 Å². The molecule has 5 nitrogen and oxygen atoms in total. The van der Waals surface area contributed by atoms with Crippen LogP contribution in [0.2, 0.25) is 10.0 Å². The van der Waals surface area contributed by atoms with Gasteiger partial charge in [0.25, 0.3) is 5.97 Å². The smallest absolute Gasteiger partial charge is 0.300 e. The Labute approximate surface area is 166 Å². The lowest BCUT2D eigenvalue weighted by Gasteiger charge is -2.20. The number of aromatic hydroxyl groups is 1. The van der Waals surface area contributed by atoms with Crippen molar-refractivity contribution < 1.29 is 19.7 Å². The maximum atomic E-state index is 10.4. The zero-order chi connectivity index (χ0) is 19.6. The molecule has 0 bridgehead atoms. The number of hydrogen-bond donors (Lipinski definition) is 2. The Bertz CT molecular complexity index is 980. The molecule has 1 aliphatic heterocycles. The molecule has 1 aliphatic rings. The van der Waals surface area contributed by atoms with E-state index >= 15 is 0 Å². The molecule has 27 heavy (non-hydrogen) atoms. The molecule has 0 radical (unpaired) electrons. The molecule has 0 unspecified atom stereocenters. The number of aliphatic carboxylic acids is 1. The first kappa shape index (κ1) is 19.3. The standard InChI is InChI=1S/C18H13Cl2NO2.C2H4O2/c19-11-6-7-16-14(9-11)18(13-4-1-5-15(20)17(13)22)23-10-12-3-2-8-21(12)16;1-2(3)4/h1-9,18,22H,10H2;1H3,(H,3,4)/t18-;/m1./s1. The number of benzene rings is 2. The predicted octanol–water partition coefficient (Wildman–Crippen LogP) is 5.20. The van der Waals surface area contributed by atoms with Gasteiger partial charge in [-0.05, 0) is 36.4 Å². The summed E-state index contributed by atoms with van der Waals surface area (Å²) in [5, 5.41) is 18.7. The number of hydrogen-bond acceptors (Lipinski definition) is 3. The van der Waals surface area contributed by atoms with Crippen molar-refractivity contribution in [3.05, 3.63) is 81.6 Å². The quantitative estimate of drug-likeness (QED) is 0.583. The van der Waals surface area contributed by atoms with Crippen LogP contribution in [0.15, 0.2) is 54.7 Å². The van der Waals surface area contributed by atoms with Crippen LogP contribution in [-0.4, -0.2) is 20.7 Å². The number of phenolic OH excluding ortho intramolecular Hbond substituents is 1. The highest BCUT2D eigenvalue weighted by atomic mass is 35.5. The van der Waals surface area contributed by atoms with Gasteiger partial charge in [-0.25, -0.2) is 0 Å². The predicted molar refractivity (Wildman–Crippen MR) is 104 cm³/mol. The van der Waals surface area contributed by atoms with E-state index < -0.39 is 12.1 Å². The first-order chi connectivity index (χ1) is 12.9. The number of aromatic nitrogens is 1. The highest BCUT2D eigenvalue weighted by molar-refractivity contribution is 6.32. The largest absolute Gasteiger partial charge is 0.506 e. The number of carbonyl (C=O) groups is 1. The molecule has 0 aliphatic carbocycles. The number of rotatable bonds is 1. The Kier molecular flexibility index (Phi) is 5.75. The summed E-state index contributed by atoms with van der Waals surface area (Å²) < 4.78 is 8.17. The molecular formula is C20H17Cl2NO4. The van der Waals surface area contributed by atoms with Crippen LogP contribution in [0.1, 0.15) is 29.8 Å². The van der Waals surface area contributed by atoms with E-state index in [-0.39, 0.29) is 5.75 Å². The Hall–Kier alpha value is -2.47. The van der Waals surface area contributed by atoms with Gasteiger partial charge >= 0.3 is 0 Å². The normalized spacial score (nSPS) is 15.0. The molecule has 2 aromatic carbocycles. The molecule has 3 aromatic rings. The first-order valence-electron chi connectivity index (χ1n) is 8.13. The van der Waals surface area contributed by atoms with Gasteiger partial charge in [-0.15, -0.1) is 0 Å². The number of carboxylic acid groups (broad SMARTS) is 1. The van der Waals surface area contributed by atoms with Crippen molar-refractivity contribution >= 4 is 29.2 Å². The molecule has 4 rings (SSSR count). The second kappa shape index (κ2) is 8.05. The van der Waals surface area contributed by atoms with Crippen molar-refractivity contribution in [3.8, 4) is 11.4 Å². The number of fused-ring (bicyclic) bond motifs is 3. The van der Waals surface area contributed by atoms with Gasteiger partial charge in [0.05, 0.1) is 17.3 Å². The summed E-state index contributed by atoms with van der Waals surface area (Å²) in [4.78, 5) is 9.00. The Morgan fingerprint density at radius 2 is 1.89 bits per heavy atom. The molecule has 0 saturated heterocycles. The van der Waals surface area contributed by atoms with Crippen LogP contribution in [0, 0.1) is 0 Å². The number of phenols is 1. The van der Waals surface area contributed by atoms with E-state index in [9.17, 15) is 5.11 Å². The number of ether oxygens (including phenoxy) is 1. The highest BCUT2D eigenvalue weighted by Crippen LogP contribution is 2.41. The molecular weight excluding hydrogens is 389 g/mol. The van der Waals surface area contributed by atoms with E-state index in [2.05, 4.69) is 4.57 Å². The average molecular weight is 406 g/mol. The molecule has 0 fully saturated rings. The van der Waals surface area contributed by atoms with Gasteiger partial charge in [0, 0.05) is 35.0 Å². The second-order valence-electron chi connectivity index (χ2n) is 5.96. The topological polar surface area (TPSA) is 71.7 Å². The van der Waals surface area contributed by atoms with E-state index in [0.29, 0.717) is 22.2 Å². The molecule has 140 valence electrons. The second-order valence-corrected chi connectivity index (χ2v) is 6.80. The van der Waals surface area contributed by atoms with Crippen LogP contribution in [0.3, 0.4) is 0 Å². The summed E-state index contributed by atoms with van der Waals surface area (Å²) in [5.74, 6) is -0.795. The van der Waals surface area contributed by atoms with Crippen molar-refractivity contribution in [1.82, 2.24) is 4.57 Å². The van der Waals surface area contributed by atoms with Gasteiger partial charge in [-0.2, -0.15) is 0 Å². The number of para-hydroxylation sites is 1. The maximum Gasteiger partial charge on any atom is 0.300 e. The molecule has 0 amide bonds. The van der Waals surface area contributed by atoms with Crippen LogP contribution < -0.4 is 0 Å². The summed E-state index contributed by atoms with van der Waals surface area (Å²) in [5.41, 5.74) is 3.55. The minimum Gasteiger partial charge on any atom is -0.506 e. The van der Waals surface area contributed by atoms with Crippen LogP contribution in [-0.2, 0) is 16.1 Å². The molecule has 0 saturated carbocycles. The van der Waals surface area contributed by atoms with E-state index in [1.54, 1.807) is 12.1 Å². The fourth-order valence-corrected chi connectivity index (χ4v) is 3.35. The maximum absolute atomic E-state index is 10.4. The summed E-state index contributed by atoms with van der Waals surface area (Å²) in [6.45, 7) is 1.51. The van der Waals surface area contributed by atoms with Gasteiger partial charge in [-0.3, -0.25) is 4.79 Å².